The van der Waals surface area contributed by atoms with Crippen molar-refractivity contribution in [3.05, 3.63) is 69.8 Å². The van der Waals surface area contributed by atoms with Crippen LogP contribution in [0.15, 0.2) is 54.2 Å². The van der Waals surface area contributed by atoms with Crippen LogP contribution in [0.3, 0.4) is 0 Å². The van der Waals surface area contributed by atoms with E-state index < -0.39 is 11.9 Å². The van der Waals surface area contributed by atoms with Gasteiger partial charge in [-0.25, -0.2) is 9.69 Å². The van der Waals surface area contributed by atoms with E-state index in [1.54, 1.807) is 54.6 Å². The lowest BCUT2D eigenvalue weighted by atomic mass is 10.2. The minimum absolute atomic E-state index is 0.173. The Labute approximate surface area is 136 Å². The minimum Gasteiger partial charge on any atom is -0.302 e. The van der Waals surface area contributed by atoms with Gasteiger partial charge >= 0.3 is 6.03 Å². The van der Waals surface area contributed by atoms with Gasteiger partial charge in [-0.05, 0) is 35.9 Å². The number of hydrogen-bond acceptors (Lipinski definition) is 2. The fraction of sp³-hybridized carbons (Fsp3) is 0. The highest BCUT2D eigenvalue weighted by molar-refractivity contribution is 6.37. The molecule has 3 amide bonds. The third-order valence-electron chi connectivity index (χ3n) is 3.13. The van der Waals surface area contributed by atoms with Crippen LogP contribution in [-0.2, 0) is 4.79 Å². The predicted octanol–water partition coefficient (Wildman–Crippen LogP) is 4.09. The first-order valence-electron chi connectivity index (χ1n) is 6.43. The highest BCUT2D eigenvalue weighted by Crippen LogP contribution is 2.29. The van der Waals surface area contributed by atoms with Gasteiger partial charge in [-0.2, -0.15) is 0 Å². The smallest absolute Gasteiger partial charge is 0.302 e. The number of anilines is 1. The number of urea groups is 1. The summed E-state index contributed by atoms with van der Waals surface area (Å²) in [6.07, 6.45) is 1.57. The molecule has 1 saturated heterocycles. The number of carbonyl (C=O) groups excluding carboxylic acids is 2. The van der Waals surface area contributed by atoms with E-state index >= 15 is 0 Å². The monoisotopic (exact) mass is 332 g/mol. The Hall–Kier alpha value is -2.30. The quantitative estimate of drug-likeness (QED) is 0.665. The molecule has 1 aliphatic rings. The molecule has 6 heteroatoms. The standard InChI is InChI=1S/C16H10Cl2N2O2/c17-11-5-3-4-10(8-11)9-13-15(21)20(16(22)19-13)14-7-2-1-6-12(14)18/h1-9H,(H,19,22)/b13-9-. The molecule has 4 nitrogen and oxygen atoms in total. The van der Waals surface area contributed by atoms with Crippen molar-refractivity contribution in [2.45, 2.75) is 0 Å². The van der Waals surface area contributed by atoms with Crippen molar-refractivity contribution >= 4 is 46.9 Å². The molecule has 3 rings (SSSR count). The summed E-state index contributed by atoms with van der Waals surface area (Å²) in [5.41, 5.74) is 1.24. The first-order valence-corrected chi connectivity index (χ1v) is 7.19. The Morgan fingerprint density at radius 3 is 2.50 bits per heavy atom. The summed E-state index contributed by atoms with van der Waals surface area (Å²) in [6, 6.07) is 13.1. The topological polar surface area (TPSA) is 49.4 Å². The van der Waals surface area contributed by atoms with E-state index in [2.05, 4.69) is 5.32 Å². The fourth-order valence-electron chi connectivity index (χ4n) is 2.15. The molecule has 0 aliphatic carbocycles. The Morgan fingerprint density at radius 2 is 1.77 bits per heavy atom. The number of nitrogens with one attached hydrogen (secondary N) is 1. The Bertz CT molecular complexity index is 802. The van der Waals surface area contributed by atoms with E-state index in [9.17, 15) is 9.59 Å². The Kier molecular flexibility index (Phi) is 3.88. The molecule has 0 spiro atoms. The zero-order valence-electron chi connectivity index (χ0n) is 11.2. The van der Waals surface area contributed by atoms with Crippen LogP contribution in [0.5, 0.6) is 0 Å². The second-order valence-electron chi connectivity index (χ2n) is 4.64. The molecule has 0 aromatic heterocycles. The number of imide groups is 1. The van der Waals surface area contributed by atoms with E-state index in [0.717, 1.165) is 10.5 Å². The maximum absolute atomic E-state index is 12.4. The van der Waals surface area contributed by atoms with Crippen molar-refractivity contribution in [1.82, 2.24) is 5.32 Å². The molecule has 1 fully saturated rings. The summed E-state index contributed by atoms with van der Waals surface area (Å²) in [5.74, 6) is -0.460. The SMILES string of the molecule is O=C1N/C(=C\c2cccc(Cl)c2)C(=O)N1c1ccccc1Cl. The Balaban J connectivity index is 1.97. The van der Waals surface area contributed by atoms with Crippen molar-refractivity contribution in [2.24, 2.45) is 0 Å². The lowest BCUT2D eigenvalue weighted by Crippen LogP contribution is -2.30. The van der Waals surface area contributed by atoms with Crippen molar-refractivity contribution in [3.8, 4) is 0 Å². The van der Waals surface area contributed by atoms with Crippen LogP contribution in [-0.4, -0.2) is 11.9 Å². The minimum atomic E-state index is -0.536. The van der Waals surface area contributed by atoms with Crippen LogP contribution in [0.25, 0.3) is 6.08 Å². The summed E-state index contributed by atoms with van der Waals surface area (Å²) in [7, 11) is 0. The summed E-state index contributed by atoms with van der Waals surface area (Å²) < 4.78 is 0. The zero-order valence-corrected chi connectivity index (χ0v) is 12.7. The van der Waals surface area contributed by atoms with Gasteiger partial charge in [0.1, 0.15) is 5.70 Å². The number of nitrogens with zero attached hydrogens (tertiary/aromatic N) is 1. The van der Waals surface area contributed by atoms with E-state index in [-0.39, 0.29) is 5.70 Å². The van der Waals surface area contributed by atoms with Gasteiger partial charge in [0.25, 0.3) is 5.91 Å². The number of carbonyl (C=O) groups is 2. The number of halogens is 2. The van der Waals surface area contributed by atoms with Gasteiger partial charge < -0.3 is 5.32 Å². The molecule has 0 unspecified atom stereocenters. The van der Waals surface area contributed by atoms with Crippen molar-refractivity contribution < 1.29 is 9.59 Å². The van der Waals surface area contributed by atoms with Crippen LogP contribution in [0.2, 0.25) is 10.0 Å². The maximum atomic E-state index is 12.4. The summed E-state index contributed by atoms with van der Waals surface area (Å²) >= 11 is 12.0. The zero-order chi connectivity index (χ0) is 15.7. The second-order valence-corrected chi connectivity index (χ2v) is 5.48. The van der Waals surface area contributed by atoms with Crippen molar-refractivity contribution in [3.63, 3.8) is 0 Å². The molecule has 0 bridgehead atoms. The molecule has 1 N–H and O–H groups in total. The molecule has 2 aromatic rings. The molecular formula is C16H10Cl2N2O2. The van der Waals surface area contributed by atoms with Gasteiger partial charge in [0.15, 0.2) is 0 Å². The van der Waals surface area contributed by atoms with Gasteiger partial charge in [0.2, 0.25) is 0 Å². The number of rotatable bonds is 2. The average molecular weight is 333 g/mol. The highest BCUT2D eigenvalue weighted by atomic mass is 35.5. The predicted molar refractivity (Wildman–Crippen MR) is 86.9 cm³/mol. The van der Waals surface area contributed by atoms with E-state index in [1.807, 2.05) is 0 Å². The third-order valence-corrected chi connectivity index (χ3v) is 3.69. The summed E-state index contributed by atoms with van der Waals surface area (Å²) in [4.78, 5) is 25.5. The van der Waals surface area contributed by atoms with E-state index in [1.165, 1.54) is 0 Å². The molecule has 0 saturated carbocycles. The highest BCUT2D eigenvalue weighted by Gasteiger charge is 2.35. The maximum Gasteiger partial charge on any atom is 0.333 e. The summed E-state index contributed by atoms with van der Waals surface area (Å²) in [5, 5.41) is 3.42. The van der Waals surface area contributed by atoms with Crippen molar-refractivity contribution in [2.75, 3.05) is 4.90 Å². The molecule has 0 radical (unpaired) electrons. The molecule has 110 valence electrons. The van der Waals surface area contributed by atoms with Crippen LogP contribution in [0, 0.1) is 0 Å². The molecule has 2 aromatic carbocycles. The molecule has 0 atom stereocenters. The average Bonchev–Trinajstić information content (AvgIpc) is 2.74. The van der Waals surface area contributed by atoms with Gasteiger partial charge in [-0.15, -0.1) is 0 Å². The lowest BCUT2D eigenvalue weighted by molar-refractivity contribution is -0.113. The van der Waals surface area contributed by atoms with Crippen LogP contribution >= 0.6 is 23.2 Å². The van der Waals surface area contributed by atoms with E-state index in [4.69, 9.17) is 23.2 Å². The lowest BCUT2D eigenvalue weighted by Gasteiger charge is -2.13. The number of hydrogen-bond donors (Lipinski definition) is 1. The molecule has 1 heterocycles. The molecular weight excluding hydrogens is 323 g/mol. The number of amides is 3. The number of benzene rings is 2. The van der Waals surface area contributed by atoms with Gasteiger partial charge in [-0.1, -0.05) is 47.5 Å². The molecule has 22 heavy (non-hydrogen) atoms. The van der Waals surface area contributed by atoms with Crippen molar-refractivity contribution in [1.29, 1.82) is 0 Å². The second kappa shape index (κ2) is 5.83. The fourth-order valence-corrected chi connectivity index (χ4v) is 2.57. The van der Waals surface area contributed by atoms with Gasteiger partial charge in [0, 0.05) is 5.02 Å². The number of para-hydroxylation sites is 1. The van der Waals surface area contributed by atoms with E-state index in [0.29, 0.717) is 15.7 Å². The largest absolute Gasteiger partial charge is 0.333 e. The van der Waals surface area contributed by atoms with Gasteiger partial charge in [-0.3, -0.25) is 4.79 Å². The van der Waals surface area contributed by atoms with Crippen LogP contribution in [0.4, 0.5) is 10.5 Å². The first kappa shape index (κ1) is 14.6. The normalized spacial score (nSPS) is 16.3. The van der Waals surface area contributed by atoms with Gasteiger partial charge in [0.05, 0.1) is 10.7 Å². The Morgan fingerprint density at radius 1 is 1.00 bits per heavy atom. The van der Waals surface area contributed by atoms with Crippen LogP contribution in [0.1, 0.15) is 5.56 Å². The van der Waals surface area contributed by atoms with Crippen LogP contribution < -0.4 is 10.2 Å². The summed E-state index contributed by atoms with van der Waals surface area (Å²) in [6.45, 7) is 0. The third kappa shape index (κ3) is 2.71. The first-order chi connectivity index (χ1) is 10.6. The molecule has 1 aliphatic heterocycles.